The highest BCUT2D eigenvalue weighted by Crippen LogP contribution is 2.48. The Labute approximate surface area is 90.2 Å². The zero-order valence-corrected chi connectivity index (χ0v) is 9.33. The summed E-state index contributed by atoms with van der Waals surface area (Å²) in [5, 5.41) is 0. The largest absolute Gasteiger partial charge is 0.224 e. The van der Waals surface area contributed by atoms with Crippen molar-refractivity contribution in [2.75, 3.05) is 5.75 Å². The van der Waals surface area contributed by atoms with Crippen molar-refractivity contribution in [3.05, 3.63) is 29.8 Å². The van der Waals surface area contributed by atoms with Gasteiger partial charge in [0.2, 0.25) is 0 Å². The van der Waals surface area contributed by atoms with E-state index in [-0.39, 0.29) is 0 Å². The van der Waals surface area contributed by atoms with Crippen molar-refractivity contribution in [2.24, 2.45) is 5.92 Å². The quantitative estimate of drug-likeness (QED) is 0.731. The van der Waals surface area contributed by atoms with Gasteiger partial charge < -0.3 is 0 Å². The van der Waals surface area contributed by atoms with Gasteiger partial charge in [-0.25, -0.2) is 8.42 Å². The van der Waals surface area contributed by atoms with Gasteiger partial charge in [-0.1, -0.05) is 18.2 Å². The molecule has 0 amide bonds. The Morgan fingerprint density at radius 2 is 1.80 bits per heavy atom. The molecule has 0 N–H and O–H groups in total. The molecule has 1 atom stereocenters. The van der Waals surface area contributed by atoms with Crippen LogP contribution in [0.3, 0.4) is 0 Å². The summed E-state index contributed by atoms with van der Waals surface area (Å²) < 4.78 is 23.7. The van der Waals surface area contributed by atoms with E-state index in [4.69, 9.17) is 0 Å². The zero-order chi connectivity index (χ0) is 10.5. The number of sulfone groups is 1. The van der Waals surface area contributed by atoms with Crippen LogP contribution in [0.25, 0.3) is 0 Å². The van der Waals surface area contributed by atoms with Crippen LogP contribution in [0.15, 0.2) is 29.2 Å². The molecular formula is C12H14O2S. The summed E-state index contributed by atoms with van der Waals surface area (Å²) in [5.74, 6) is 1.59. The van der Waals surface area contributed by atoms with E-state index in [1.54, 1.807) is 6.07 Å². The molecule has 1 fully saturated rings. The molecule has 0 spiro atoms. The number of fused-ring (bicyclic) bond motifs is 1. The van der Waals surface area contributed by atoms with E-state index < -0.39 is 9.84 Å². The van der Waals surface area contributed by atoms with Crippen LogP contribution in [0.1, 0.15) is 30.7 Å². The van der Waals surface area contributed by atoms with Gasteiger partial charge in [0.05, 0.1) is 10.6 Å². The first-order chi connectivity index (χ1) is 7.18. The Balaban J connectivity index is 2.15. The zero-order valence-electron chi connectivity index (χ0n) is 8.52. The molecular weight excluding hydrogens is 208 g/mol. The number of hydrogen-bond donors (Lipinski definition) is 0. The first-order valence-corrected chi connectivity index (χ1v) is 7.15. The Hall–Kier alpha value is -0.830. The Bertz CT molecular complexity index is 486. The van der Waals surface area contributed by atoms with Gasteiger partial charge >= 0.3 is 0 Å². The van der Waals surface area contributed by atoms with E-state index >= 15 is 0 Å². The predicted octanol–water partition coefficient (Wildman–Crippen LogP) is 2.36. The lowest BCUT2D eigenvalue weighted by Crippen LogP contribution is -2.21. The molecule has 2 aliphatic rings. The molecule has 1 aromatic carbocycles. The second kappa shape index (κ2) is 3.08. The maximum absolute atomic E-state index is 11.9. The van der Waals surface area contributed by atoms with Crippen LogP contribution in [0.2, 0.25) is 0 Å². The Kier molecular flexibility index (Phi) is 1.93. The van der Waals surface area contributed by atoms with Gasteiger partial charge in [0.1, 0.15) is 0 Å². The third-order valence-corrected chi connectivity index (χ3v) is 5.36. The summed E-state index contributed by atoms with van der Waals surface area (Å²) in [7, 11) is -2.98. The number of rotatable bonds is 1. The maximum atomic E-state index is 11.9. The lowest BCUT2D eigenvalue weighted by molar-refractivity contribution is 0.534. The molecule has 1 aromatic rings. The van der Waals surface area contributed by atoms with Crippen molar-refractivity contribution < 1.29 is 8.42 Å². The summed E-state index contributed by atoms with van der Waals surface area (Å²) in [6.07, 6.45) is 3.38. The molecule has 2 nitrogen and oxygen atoms in total. The third-order valence-electron chi connectivity index (χ3n) is 3.54. The normalized spacial score (nSPS) is 28.4. The summed E-state index contributed by atoms with van der Waals surface area (Å²) in [5.41, 5.74) is 1.08. The molecule has 1 aliphatic heterocycles. The highest BCUT2D eigenvalue weighted by Gasteiger charge is 2.38. The molecule has 80 valence electrons. The van der Waals surface area contributed by atoms with Crippen molar-refractivity contribution >= 4 is 9.84 Å². The van der Waals surface area contributed by atoms with E-state index in [1.807, 2.05) is 18.2 Å². The van der Waals surface area contributed by atoms with Crippen LogP contribution in [0.5, 0.6) is 0 Å². The first kappa shape index (κ1) is 9.40. The average molecular weight is 222 g/mol. The van der Waals surface area contributed by atoms with Gasteiger partial charge in [-0.2, -0.15) is 0 Å². The summed E-state index contributed by atoms with van der Waals surface area (Å²) in [6, 6.07) is 7.54. The first-order valence-electron chi connectivity index (χ1n) is 5.50. The highest BCUT2D eigenvalue weighted by molar-refractivity contribution is 7.91. The molecule has 1 heterocycles. The van der Waals surface area contributed by atoms with Gasteiger partial charge in [0, 0.05) is 0 Å². The number of benzene rings is 1. The van der Waals surface area contributed by atoms with Gasteiger partial charge in [-0.15, -0.1) is 0 Å². The van der Waals surface area contributed by atoms with Gasteiger partial charge in [-0.05, 0) is 42.7 Å². The fourth-order valence-corrected chi connectivity index (χ4v) is 4.25. The monoisotopic (exact) mass is 222 g/mol. The summed E-state index contributed by atoms with van der Waals surface area (Å²) in [4.78, 5) is 0.591. The minimum Gasteiger partial charge on any atom is -0.224 e. The summed E-state index contributed by atoms with van der Waals surface area (Å²) >= 11 is 0. The Morgan fingerprint density at radius 1 is 1.07 bits per heavy atom. The molecule has 0 bridgehead atoms. The molecule has 0 aromatic heterocycles. The predicted molar refractivity (Wildman–Crippen MR) is 58.6 cm³/mol. The van der Waals surface area contributed by atoms with Crippen LogP contribution in [0, 0.1) is 5.92 Å². The van der Waals surface area contributed by atoms with Crippen molar-refractivity contribution in [3.8, 4) is 0 Å². The van der Waals surface area contributed by atoms with Gasteiger partial charge in [0.25, 0.3) is 0 Å². The fourth-order valence-electron chi connectivity index (χ4n) is 2.61. The molecule has 1 saturated carbocycles. The van der Waals surface area contributed by atoms with Gasteiger partial charge in [0.15, 0.2) is 9.84 Å². The van der Waals surface area contributed by atoms with Gasteiger partial charge in [-0.3, -0.25) is 0 Å². The molecule has 3 rings (SSSR count). The minimum absolute atomic E-state index is 0.338. The van der Waals surface area contributed by atoms with Crippen molar-refractivity contribution in [3.63, 3.8) is 0 Å². The average Bonchev–Trinajstić information content (AvgIpc) is 3.02. The second-order valence-corrected chi connectivity index (χ2v) is 6.67. The van der Waals surface area contributed by atoms with Crippen molar-refractivity contribution in [1.82, 2.24) is 0 Å². The van der Waals surface area contributed by atoms with E-state index in [0.29, 0.717) is 16.6 Å². The van der Waals surface area contributed by atoms with Crippen LogP contribution in [-0.4, -0.2) is 14.2 Å². The lowest BCUT2D eigenvalue weighted by Gasteiger charge is -2.25. The second-order valence-electron chi connectivity index (χ2n) is 4.59. The molecule has 3 heteroatoms. The number of hydrogen-bond acceptors (Lipinski definition) is 2. The SMILES string of the molecule is O=S1(=O)CCC(C2CC2)c2ccccc21. The third kappa shape index (κ3) is 1.49. The molecule has 15 heavy (non-hydrogen) atoms. The molecule has 1 unspecified atom stereocenters. The van der Waals surface area contributed by atoms with E-state index in [9.17, 15) is 8.42 Å². The standard InChI is InChI=1S/C12H14O2S/c13-15(14)8-7-10(9-5-6-9)11-3-1-2-4-12(11)15/h1-4,9-10H,5-8H2. The molecule has 0 radical (unpaired) electrons. The van der Waals surface area contributed by atoms with E-state index in [1.165, 1.54) is 12.8 Å². The van der Waals surface area contributed by atoms with Crippen molar-refractivity contribution in [2.45, 2.75) is 30.1 Å². The molecule has 1 aliphatic carbocycles. The van der Waals surface area contributed by atoms with Crippen molar-refractivity contribution in [1.29, 1.82) is 0 Å². The molecule has 0 saturated heterocycles. The van der Waals surface area contributed by atoms with Crippen LogP contribution < -0.4 is 0 Å². The fraction of sp³-hybridized carbons (Fsp3) is 0.500. The lowest BCUT2D eigenvalue weighted by atomic mass is 9.91. The smallest absolute Gasteiger partial charge is 0.178 e. The van der Waals surface area contributed by atoms with Crippen LogP contribution >= 0.6 is 0 Å². The van der Waals surface area contributed by atoms with E-state index in [0.717, 1.165) is 17.9 Å². The maximum Gasteiger partial charge on any atom is 0.178 e. The topological polar surface area (TPSA) is 34.1 Å². The highest BCUT2D eigenvalue weighted by atomic mass is 32.2. The summed E-state index contributed by atoms with van der Waals surface area (Å²) in [6.45, 7) is 0. The van der Waals surface area contributed by atoms with E-state index in [2.05, 4.69) is 0 Å². The van der Waals surface area contributed by atoms with Crippen LogP contribution in [-0.2, 0) is 9.84 Å². The Morgan fingerprint density at radius 3 is 2.53 bits per heavy atom. The minimum atomic E-state index is -2.98. The van der Waals surface area contributed by atoms with Crippen LogP contribution in [0.4, 0.5) is 0 Å².